The molecule has 0 bridgehead atoms. The van der Waals surface area contributed by atoms with Crippen molar-refractivity contribution in [2.45, 2.75) is 31.8 Å². The van der Waals surface area contributed by atoms with E-state index in [2.05, 4.69) is 5.32 Å². The van der Waals surface area contributed by atoms with Crippen LogP contribution in [0.1, 0.15) is 19.8 Å². The smallest absolute Gasteiger partial charge is 0.244 e. The second kappa shape index (κ2) is 6.56. The Balaban J connectivity index is 2.70. The Bertz CT molecular complexity index is 283. The molecule has 1 rings (SSSR count). The summed E-state index contributed by atoms with van der Waals surface area (Å²) in [6.45, 7) is 3.10. The fourth-order valence-corrected chi connectivity index (χ4v) is 1.90. The number of ether oxygens (including phenoxy) is 1. The maximum Gasteiger partial charge on any atom is 0.244 e. The van der Waals surface area contributed by atoms with E-state index >= 15 is 0 Å². The van der Waals surface area contributed by atoms with Crippen molar-refractivity contribution >= 4 is 11.8 Å². The van der Waals surface area contributed by atoms with Crippen molar-refractivity contribution in [2.75, 3.05) is 26.8 Å². The summed E-state index contributed by atoms with van der Waals surface area (Å²) < 4.78 is 5.23. The molecule has 0 aromatic carbocycles. The van der Waals surface area contributed by atoms with Crippen molar-refractivity contribution < 1.29 is 14.3 Å². The number of likely N-dealkylation sites (N-methyl/N-ethyl adjacent to an activating group) is 1. The van der Waals surface area contributed by atoms with E-state index in [1.54, 1.807) is 7.05 Å². The summed E-state index contributed by atoms with van der Waals surface area (Å²) in [5, 5.41) is 2.54. The lowest BCUT2D eigenvalue weighted by atomic mass is 10.1. The second-order valence-electron chi connectivity index (χ2n) is 4.13. The van der Waals surface area contributed by atoms with E-state index in [9.17, 15) is 9.59 Å². The number of nitrogens with two attached hydrogens (primary N) is 1. The van der Waals surface area contributed by atoms with Crippen LogP contribution < -0.4 is 11.1 Å². The summed E-state index contributed by atoms with van der Waals surface area (Å²) in [5.41, 5.74) is 5.80. The Kier molecular flexibility index (Phi) is 5.37. The van der Waals surface area contributed by atoms with Gasteiger partial charge in [-0.05, 0) is 6.42 Å². The first-order valence-electron chi connectivity index (χ1n) is 5.97. The first-order chi connectivity index (χ1) is 8.11. The van der Waals surface area contributed by atoms with Gasteiger partial charge in [-0.25, -0.2) is 0 Å². The fourth-order valence-electron chi connectivity index (χ4n) is 1.90. The normalized spacial score (nSPS) is 22.1. The van der Waals surface area contributed by atoms with Crippen LogP contribution in [0.4, 0.5) is 0 Å². The van der Waals surface area contributed by atoms with Gasteiger partial charge in [0.25, 0.3) is 0 Å². The zero-order valence-electron chi connectivity index (χ0n) is 10.4. The van der Waals surface area contributed by atoms with Crippen molar-refractivity contribution in [2.24, 2.45) is 5.73 Å². The molecule has 1 aliphatic heterocycles. The third-order valence-corrected chi connectivity index (χ3v) is 2.88. The summed E-state index contributed by atoms with van der Waals surface area (Å²) in [5.74, 6) is -0.370. The average molecular weight is 243 g/mol. The maximum atomic E-state index is 12.1. The molecule has 0 spiro atoms. The summed E-state index contributed by atoms with van der Waals surface area (Å²) in [7, 11) is 1.55. The fraction of sp³-hybridized carbons (Fsp3) is 0.818. The van der Waals surface area contributed by atoms with E-state index in [1.165, 1.54) is 4.90 Å². The minimum Gasteiger partial charge on any atom is -0.377 e. The molecular weight excluding hydrogens is 222 g/mol. The Morgan fingerprint density at radius 1 is 1.59 bits per heavy atom. The van der Waals surface area contributed by atoms with Crippen LogP contribution in [0.2, 0.25) is 0 Å². The topological polar surface area (TPSA) is 84.7 Å². The molecule has 17 heavy (non-hydrogen) atoms. The molecule has 1 aliphatic rings. The van der Waals surface area contributed by atoms with Crippen LogP contribution >= 0.6 is 0 Å². The van der Waals surface area contributed by atoms with Crippen molar-refractivity contribution in [3.05, 3.63) is 0 Å². The van der Waals surface area contributed by atoms with Crippen molar-refractivity contribution in [3.8, 4) is 0 Å². The highest BCUT2D eigenvalue weighted by atomic mass is 16.5. The summed E-state index contributed by atoms with van der Waals surface area (Å²) in [4.78, 5) is 25.3. The van der Waals surface area contributed by atoms with Gasteiger partial charge in [0, 0.05) is 13.6 Å². The van der Waals surface area contributed by atoms with Gasteiger partial charge in [-0.2, -0.15) is 0 Å². The Morgan fingerprint density at radius 3 is 2.88 bits per heavy atom. The summed E-state index contributed by atoms with van der Waals surface area (Å²) >= 11 is 0. The second-order valence-corrected chi connectivity index (χ2v) is 4.13. The molecule has 1 heterocycles. The zero-order valence-corrected chi connectivity index (χ0v) is 10.4. The number of carbonyl (C=O) groups excluding carboxylic acids is 2. The van der Waals surface area contributed by atoms with Gasteiger partial charge < -0.3 is 20.7 Å². The first-order valence-corrected chi connectivity index (χ1v) is 5.97. The lowest BCUT2D eigenvalue weighted by Crippen LogP contribution is -2.58. The van der Waals surface area contributed by atoms with Crippen LogP contribution in [0.5, 0.6) is 0 Å². The standard InChI is InChI=1S/C11H21N3O3/c1-3-4-8(12)11(16)14-5-6-17-7-9(14)10(15)13-2/h8-9H,3-7,12H2,1-2H3,(H,13,15)/t8-,9?/m0/s1. The van der Waals surface area contributed by atoms with Crippen LogP contribution in [0.15, 0.2) is 0 Å². The molecule has 0 aromatic heterocycles. The molecule has 0 aromatic rings. The van der Waals surface area contributed by atoms with E-state index in [0.29, 0.717) is 19.6 Å². The predicted molar refractivity (Wildman–Crippen MR) is 63.3 cm³/mol. The molecular formula is C11H21N3O3. The molecule has 0 saturated carbocycles. The van der Waals surface area contributed by atoms with Gasteiger partial charge in [0.2, 0.25) is 11.8 Å². The van der Waals surface area contributed by atoms with Gasteiger partial charge >= 0.3 is 0 Å². The number of rotatable bonds is 4. The third-order valence-electron chi connectivity index (χ3n) is 2.88. The SMILES string of the molecule is CCC[C@H](N)C(=O)N1CCOCC1C(=O)NC. The van der Waals surface area contributed by atoms with Gasteiger partial charge in [-0.1, -0.05) is 13.3 Å². The summed E-state index contributed by atoms with van der Waals surface area (Å²) in [6, 6.07) is -1.07. The predicted octanol–water partition coefficient (Wildman–Crippen LogP) is -0.913. The highest BCUT2D eigenvalue weighted by molar-refractivity contribution is 5.89. The van der Waals surface area contributed by atoms with Crippen LogP contribution in [0.3, 0.4) is 0 Å². The van der Waals surface area contributed by atoms with Crippen molar-refractivity contribution in [1.82, 2.24) is 10.2 Å². The van der Waals surface area contributed by atoms with E-state index < -0.39 is 12.1 Å². The van der Waals surface area contributed by atoms with Gasteiger partial charge in [0.05, 0.1) is 19.3 Å². The molecule has 3 N–H and O–H groups in total. The third kappa shape index (κ3) is 3.41. The number of nitrogens with zero attached hydrogens (tertiary/aromatic N) is 1. The van der Waals surface area contributed by atoms with E-state index in [1.807, 2.05) is 6.92 Å². The van der Waals surface area contributed by atoms with Crippen LogP contribution in [-0.4, -0.2) is 55.6 Å². The summed E-state index contributed by atoms with van der Waals surface area (Å²) in [6.07, 6.45) is 1.48. The van der Waals surface area contributed by atoms with Gasteiger partial charge in [-0.15, -0.1) is 0 Å². The van der Waals surface area contributed by atoms with E-state index in [0.717, 1.165) is 6.42 Å². The van der Waals surface area contributed by atoms with Gasteiger partial charge in [-0.3, -0.25) is 9.59 Å². The van der Waals surface area contributed by atoms with Gasteiger partial charge in [0.1, 0.15) is 6.04 Å². The highest BCUT2D eigenvalue weighted by Gasteiger charge is 2.34. The average Bonchev–Trinajstić information content (AvgIpc) is 2.37. The molecule has 0 radical (unpaired) electrons. The van der Waals surface area contributed by atoms with Gasteiger partial charge in [0.15, 0.2) is 0 Å². The Morgan fingerprint density at radius 2 is 2.29 bits per heavy atom. The maximum absolute atomic E-state index is 12.1. The van der Waals surface area contributed by atoms with Crippen molar-refractivity contribution in [3.63, 3.8) is 0 Å². The molecule has 1 unspecified atom stereocenters. The molecule has 6 nitrogen and oxygen atoms in total. The minimum absolute atomic E-state index is 0.163. The molecule has 1 fully saturated rings. The molecule has 6 heteroatoms. The Hall–Kier alpha value is -1.14. The monoisotopic (exact) mass is 243 g/mol. The van der Waals surface area contributed by atoms with Crippen molar-refractivity contribution in [1.29, 1.82) is 0 Å². The quantitative estimate of drug-likeness (QED) is 0.669. The number of morpholine rings is 1. The van der Waals surface area contributed by atoms with E-state index in [4.69, 9.17) is 10.5 Å². The number of amides is 2. The molecule has 0 aliphatic carbocycles. The van der Waals surface area contributed by atoms with E-state index in [-0.39, 0.29) is 18.4 Å². The van der Waals surface area contributed by atoms with Crippen LogP contribution in [0, 0.1) is 0 Å². The minimum atomic E-state index is -0.552. The highest BCUT2D eigenvalue weighted by Crippen LogP contribution is 2.10. The lowest BCUT2D eigenvalue weighted by Gasteiger charge is -2.35. The lowest BCUT2D eigenvalue weighted by molar-refractivity contribution is -0.149. The molecule has 2 amide bonds. The first kappa shape index (κ1) is 13.9. The number of hydrogen-bond donors (Lipinski definition) is 2. The van der Waals surface area contributed by atoms with Crippen LogP contribution in [-0.2, 0) is 14.3 Å². The Labute approximate surface area is 101 Å². The molecule has 1 saturated heterocycles. The van der Waals surface area contributed by atoms with Crippen LogP contribution in [0.25, 0.3) is 0 Å². The number of hydrogen-bond acceptors (Lipinski definition) is 4. The number of carbonyl (C=O) groups is 2. The molecule has 2 atom stereocenters. The zero-order chi connectivity index (χ0) is 12.8. The molecule has 98 valence electrons. The number of nitrogens with one attached hydrogen (secondary N) is 1. The largest absolute Gasteiger partial charge is 0.377 e.